The van der Waals surface area contributed by atoms with Crippen molar-refractivity contribution >= 4 is 17.3 Å². The molecule has 0 unspecified atom stereocenters. The minimum Gasteiger partial charge on any atom is -0.387 e. The van der Waals surface area contributed by atoms with Crippen LogP contribution in [-0.2, 0) is 13.1 Å². The van der Waals surface area contributed by atoms with Gasteiger partial charge in [0.15, 0.2) is 0 Å². The van der Waals surface area contributed by atoms with E-state index in [1.807, 2.05) is 7.05 Å². The van der Waals surface area contributed by atoms with Gasteiger partial charge in [-0.2, -0.15) is 0 Å². The van der Waals surface area contributed by atoms with E-state index in [9.17, 15) is 0 Å². The molecule has 0 bridgehead atoms. The topological polar surface area (TPSA) is 15.3 Å². The molecule has 15 heavy (non-hydrogen) atoms. The van der Waals surface area contributed by atoms with Crippen molar-refractivity contribution in [3.05, 3.63) is 28.3 Å². The van der Waals surface area contributed by atoms with Crippen LogP contribution in [0.2, 0.25) is 5.02 Å². The molecule has 0 radical (unpaired) electrons. The van der Waals surface area contributed by atoms with Crippen LogP contribution in [-0.4, -0.2) is 18.0 Å². The minimum absolute atomic E-state index is 0.842. The zero-order valence-corrected chi connectivity index (χ0v) is 9.64. The number of benzene rings is 1. The second-order valence-electron chi connectivity index (χ2n) is 4.49. The van der Waals surface area contributed by atoms with Crippen molar-refractivity contribution < 1.29 is 0 Å². The van der Waals surface area contributed by atoms with Crippen LogP contribution in [0.4, 0.5) is 5.69 Å². The molecular formula is C12H15ClN2. The molecule has 0 amide bonds. The molecule has 2 nitrogen and oxygen atoms in total. The fourth-order valence-electron chi connectivity index (χ4n) is 2.34. The number of hydrogen-bond acceptors (Lipinski definition) is 2. The summed E-state index contributed by atoms with van der Waals surface area (Å²) in [4.78, 5) is 2.56. The number of nitrogens with one attached hydrogen (secondary N) is 1. The third kappa shape index (κ3) is 1.62. The lowest BCUT2D eigenvalue weighted by molar-refractivity contribution is 0.273. The first kappa shape index (κ1) is 9.49. The molecule has 80 valence electrons. The first-order valence-corrected chi connectivity index (χ1v) is 5.89. The van der Waals surface area contributed by atoms with Gasteiger partial charge in [-0.05, 0) is 36.1 Å². The number of hydrogen-bond donors (Lipinski definition) is 1. The quantitative estimate of drug-likeness (QED) is 0.828. The summed E-state index contributed by atoms with van der Waals surface area (Å²) in [5.41, 5.74) is 3.90. The van der Waals surface area contributed by atoms with Gasteiger partial charge in [-0.15, -0.1) is 0 Å². The molecule has 0 spiro atoms. The van der Waals surface area contributed by atoms with Crippen molar-refractivity contribution in [1.29, 1.82) is 0 Å². The molecule has 1 aromatic carbocycles. The van der Waals surface area contributed by atoms with E-state index in [-0.39, 0.29) is 0 Å². The average molecular weight is 223 g/mol. The van der Waals surface area contributed by atoms with Crippen molar-refractivity contribution in [2.75, 3.05) is 12.4 Å². The molecular weight excluding hydrogens is 208 g/mol. The molecule has 2 aliphatic rings. The Morgan fingerprint density at radius 2 is 1.93 bits per heavy atom. The molecule has 1 saturated carbocycles. The summed E-state index contributed by atoms with van der Waals surface area (Å²) in [6, 6.07) is 5.15. The van der Waals surface area contributed by atoms with Gasteiger partial charge in [0.25, 0.3) is 0 Å². The van der Waals surface area contributed by atoms with E-state index in [0.717, 1.165) is 29.8 Å². The number of halogens is 1. The predicted molar refractivity (Wildman–Crippen MR) is 63.3 cm³/mol. The Morgan fingerprint density at radius 3 is 2.53 bits per heavy atom. The zero-order chi connectivity index (χ0) is 10.4. The maximum atomic E-state index is 6.17. The summed E-state index contributed by atoms with van der Waals surface area (Å²) in [7, 11) is 1.92. The Hall–Kier alpha value is -0.730. The van der Waals surface area contributed by atoms with Gasteiger partial charge in [-0.1, -0.05) is 11.6 Å². The third-order valence-electron chi connectivity index (χ3n) is 3.37. The van der Waals surface area contributed by atoms with Crippen molar-refractivity contribution in [3.8, 4) is 0 Å². The Bertz CT molecular complexity index is 399. The molecule has 3 heteroatoms. The molecule has 0 saturated heterocycles. The monoisotopic (exact) mass is 222 g/mol. The average Bonchev–Trinajstić information content (AvgIpc) is 2.99. The highest BCUT2D eigenvalue weighted by Crippen LogP contribution is 2.37. The summed E-state index contributed by atoms with van der Waals surface area (Å²) in [6.45, 7) is 2.19. The lowest BCUT2D eigenvalue weighted by atomic mass is 10.1. The smallest absolute Gasteiger partial charge is 0.0640 e. The predicted octanol–water partition coefficient (Wildman–Crippen LogP) is 2.86. The van der Waals surface area contributed by atoms with E-state index in [0.29, 0.717) is 0 Å². The minimum atomic E-state index is 0.842. The van der Waals surface area contributed by atoms with Gasteiger partial charge in [0.05, 0.1) is 10.7 Å². The first-order chi connectivity index (χ1) is 7.28. The first-order valence-electron chi connectivity index (χ1n) is 5.51. The summed E-state index contributed by atoms with van der Waals surface area (Å²) >= 11 is 6.17. The summed E-state index contributed by atoms with van der Waals surface area (Å²) < 4.78 is 0. The molecule has 1 aliphatic carbocycles. The molecule has 1 aromatic rings. The highest BCUT2D eigenvalue weighted by Gasteiger charge is 2.33. The maximum Gasteiger partial charge on any atom is 0.0640 e. The molecule has 3 rings (SSSR count). The summed E-state index contributed by atoms with van der Waals surface area (Å²) in [5, 5.41) is 3.98. The number of rotatable bonds is 2. The van der Waals surface area contributed by atoms with Crippen molar-refractivity contribution in [1.82, 2.24) is 4.90 Å². The normalized spacial score (nSPS) is 20.4. The number of fused-ring (bicyclic) bond motifs is 1. The molecule has 1 N–H and O–H groups in total. The summed E-state index contributed by atoms with van der Waals surface area (Å²) in [6.07, 6.45) is 2.75. The number of nitrogens with zero attached hydrogens (tertiary/aromatic N) is 1. The molecule has 0 atom stereocenters. The van der Waals surface area contributed by atoms with Gasteiger partial charge in [-0.25, -0.2) is 0 Å². The van der Waals surface area contributed by atoms with E-state index in [4.69, 9.17) is 11.6 Å². The lowest BCUT2D eigenvalue weighted by Gasteiger charge is -2.11. The highest BCUT2D eigenvalue weighted by atomic mass is 35.5. The van der Waals surface area contributed by atoms with Gasteiger partial charge in [0.2, 0.25) is 0 Å². The molecule has 1 heterocycles. The van der Waals surface area contributed by atoms with E-state index >= 15 is 0 Å². The summed E-state index contributed by atoms with van der Waals surface area (Å²) in [5.74, 6) is 0. The van der Waals surface area contributed by atoms with Crippen LogP contribution >= 0.6 is 11.6 Å². The molecule has 1 fully saturated rings. The van der Waals surface area contributed by atoms with Gasteiger partial charge >= 0.3 is 0 Å². The van der Waals surface area contributed by atoms with Crippen LogP contribution in [0.25, 0.3) is 0 Å². The van der Waals surface area contributed by atoms with Crippen molar-refractivity contribution in [2.24, 2.45) is 0 Å². The van der Waals surface area contributed by atoms with Crippen molar-refractivity contribution in [3.63, 3.8) is 0 Å². The zero-order valence-electron chi connectivity index (χ0n) is 8.89. The van der Waals surface area contributed by atoms with E-state index in [1.54, 1.807) is 0 Å². The molecule has 1 aliphatic heterocycles. The van der Waals surface area contributed by atoms with Crippen LogP contribution in [0.5, 0.6) is 0 Å². The highest BCUT2D eigenvalue weighted by molar-refractivity contribution is 6.33. The fraction of sp³-hybridized carbons (Fsp3) is 0.500. The second-order valence-corrected chi connectivity index (χ2v) is 4.89. The van der Waals surface area contributed by atoms with Crippen LogP contribution in [0.3, 0.4) is 0 Å². The van der Waals surface area contributed by atoms with E-state index in [2.05, 4.69) is 22.3 Å². The number of anilines is 1. The third-order valence-corrected chi connectivity index (χ3v) is 3.68. The van der Waals surface area contributed by atoms with Crippen LogP contribution in [0, 0.1) is 0 Å². The van der Waals surface area contributed by atoms with E-state index < -0.39 is 0 Å². The lowest BCUT2D eigenvalue weighted by Crippen LogP contribution is -2.18. The second kappa shape index (κ2) is 3.39. The van der Waals surface area contributed by atoms with Gasteiger partial charge in [0.1, 0.15) is 0 Å². The van der Waals surface area contributed by atoms with Crippen LogP contribution in [0.15, 0.2) is 12.1 Å². The largest absolute Gasteiger partial charge is 0.387 e. The van der Waals surface area contributed by atoms with Gasteiger partial charge in [0, 0.05) is 26.2 Å². The van der Waals surface area contributed by atoms with Crippen LogP contribution in [0.1, 0.15) is 24.0 Å². The Labute approximate surface area is 95.2 Å². The van der Waals surface area contributed by atoms with Crippen LogP contribution < -0.4 is 5.32 Å². The SMILES string of the molecule is CNc1cc2c(cc1Cl)CN(C1CC1)C2. The van der Waals surface area contributed by atoms with Gasteiger partial charge in [-0.3, -0.25) is 4.90 Å². The Balaban J connectivity index is 1.91. The van der Waals surface area contributed by atoms with Crippen molar-refractivity contribution in [2.45, 2.75) is 32.0 Å². The van der Waals surface area contributed by atoms with E-state index in [1.165, 1.54) is 24.0 Å². The standard InChI is InChI=1S/C12H15ClN2/c1-14-12-5-9-7-15(10-2-3-10)6-8(9)4-11(12)13/h4-5,10,14H,2-3,6-7H2,1H3. The maximum absolute atomic E-state index is 6.17. The Morgan fingerprint density at radius 1 is 1.27 bits per heavy atom. The van der Waals surface area contributed by atoms with Gasteiger partial charge < -0.3 is 5.32 Å². The fourth-order valence-corrected chi connectivity index (χ4v) is 2.62. The molecule has 0 aromatic heterocycles. The Kier molecular flexibility index (Phi) is 2.15.